The Kier molecular flexibility index (Phi) is 2.83. The number of aliphatic hydroxyl groups is 1. The van der Waals surface area contributed by atoms with E-state index in [0.717, 1.165) is 18.4 Å². The SMILES string of the molecule is CC1(C)[C@H]2CC=C(CN3CCC[C@@H]3CO)[C@@H]1C2. The van der Waals surface area contributed by atoms with Crippen LogP contribution in [-0.2, 0) is 0 Å². The molecule has 1 N–H and O–H groups in total. The van der Waals surface area contributed by atoms with Gasteiger partial charge in [-0.3, -0.25) is 4.90 Å². The fraction of sp³-hybridized carbons (Fsp3) is 0.867. The third kappa shape index (κ3) is 1.77. The van der Waals surface area contributed by atoms with Gasteiger partial charge in [0.1, 0.15) is 0 Å². The lowest BCUT2D eigenvalue weighted by Crippen LogP contribution is -2.50. The molecule has 0 spiro atoms. The van der Waals surface area contributed by atoms with E-state index in [9.17, 15) is 5.11 Å². The van der Waals surface area contributed by atoms with Crippen LogP contribution in [0.4, 0.5) is 0 Å². The minimum Gasteiger partial charge on any atom is -0.395 e. The Labute approximate surface area is 105 Å². The molecule has 2 heteroatoms. The molecule has 0 unspecified atom stereocenters. The second-order valence-electron chi connectivity index (χ2n) is 6.77. The van der Waals surface area contributed by atoms with E-state index in [1.165, 1.54) is 32.2 Å². The number of likely N-dealkylation sites (tertiary alicyclic amines) is 1. The van der Waals surface area contributed by atoms with Crippen molar-refractivity contribution < 1.29 is 5.11 Å². The van der Waals surface area contributed by atoms with Gasteiger partial charge in [0.05, 0.1) is 6.61 Å². The fourth-order valence-electron chi connectivity index (χ4n) is 4.20. The Bertz CT molecular complexity index is 334. The maximum atomic E-state index is 9.38. The molecule has 0 aromatic heterocycles. The highest BCUT2D eigenvalue weighted by atomic mass is 16.3. The van der Waals surface area contributed by atoms with Crippen molar-refractivity contribution in [1.82, 2.24) is 4.90 Å². The van der Waals surface area contributed by atoms with Crippen molar-refractivity contribution in [2.75, 3.05) is 19.7 Å². The minimum atomic E-state index is 0.337. The summed E-state index contributed by atoms with van der Waals surface area (Å²) < 4.78 is 0. The Morgan fingerprint density at radius 1 is 1.47 bits per heavy atom. The highest BCUT2D eigenvalue weighted by Crippen LogP contribution is 2.59. The Balaban J connectivity index is 1.68. The van der Waals surface area contributed by atoms with Crippen molar-refractivity contribution >= 4 is 0 Å². The molecule has 4 rings (SSSR count). The zero-order chi connectivity index (χ0) is 12.0. The lowest BCUT2D eigenvalue weighted by atomic mass is 9.49. The standard InChI is InChI=1S/C15H25NO/c1-15(2)12-6-5-11(14(15)8-12)9-16-7-3-4-13(16)10-17/h5,12-14,17H,3-4,6-10H2,1-2H3/t12-,13+,14-/m0/s1. The molecule has 2 fully saturated rings. The Hall–Kier alpha value is -0.340. The van der Waals surface area contributed by atoms with Crippen molar-refractivity contribution in [2.45, 2.75) is 45.6 Å². The summed E-state index contributed by atoms with van der Waals surface area (Å²) in [6.07, 6.45) is 7.64. The summed E-state index contributed by atoms with van der Waals surface area (Å²) in [6.45, 7) is 7.51. The lowest BCUT2D eigenvalue weighted by Gasteiger charge is -2.57. The predicted octanol–water partition coefficient (Wildman–Crippen LogP) is 2.44. The van der Waals surface area contributed by atoms with Gasteiger partial charge in [0.2, 0.25) is 0 Å². The lowest BCUT2D eigenvalue weighted by molar-refractivity contribution is -0.0116. The molecule has 0 amide bonds. The number of aliphatic hydroxyl groups excluding tert-OH is 1. The molecule has 1 saturated heterocycles. The van der Waals surface area contributed by atoms with E-state index in [1.54, 1.807) is 5.57 Å². The Morgan fingerprint density at radius 2 is 2.29 bits per heavy atom. The molecule has 3 atom stereocenters. The van der Waals surface area contributed by atoms with Crippen LogP contribution in [0, 0.1) is 17.3 Å². The third-order valence-electron chi connectivity index (χ3n) is 5.68. The van der Waals surface area contributed by atoms with Gasteiger partial charge in [0.25, 0.3) is 0 Å². The molecule has 4 aliphatic rings. The van der Waals surface area contributed by atoms with E-state index in [-0.39, 0.29) is 0 Å². The molecular formula is C15H25NO. The van der Waals surface area contributed by atoms with Gasteiger partial charge in [0, 0.05) is 12.6 Å². The van der Waals surface area contributed by atoms with Gasteiger partial charge in [-0.25, -0.2) is 0 Å². The summed E-state index contributed by atoms with van der Waals surface area (Å²) in [5.41, 5.74) is 2.20. The van der Waals surface area contributed by atoms with Crippen LogP contribution in [0.5, 0.6) is 0 Å². The second kappa shape index (κ2) is 4.10. The summed E-state index contributed by atoms with van der Waals surface area (Å²) >= 11 is 0. The molecule has 17 heavy (non-hydrogen) atoms. The molecule has 3 aliphatic carbocycles. The predicted molar refractivity (Wildman–Crippen MR) is 69.8 cm³/mol. The van der Waals surface area contributed by atoms with Gasteiger partial charge in [-0.15, -0.1) is 0 Å². The number of nitrogens with zero attached hydrogens (tertiary/aromatic N) is 1. The summed E-state index contributed by atoms with van der Waals surface area (Å²) in [5, 5.41) is 9.38. The van der Waals surface area contributed by atoms with E-state index in [0.29, 0.717) is 18.1 Å². The summed E-state index contributed by atoms with van der Waals surface area (Å²) in [7, 11) is 0. The van der Waals surface area contributed by atoms with E-state index < -0.39 is 0 Å². The highest BCUT2D eigenvalue weighted by Gasteiger charge is 2.51. The van der Waals surface area contributed by atoms with Gasteiger partial charge in [-0.2, -0.15) is 0 Å². The molecule has 2 bridgehead atoms. The molecule has 2 nitrogen and oxygen atoms in total. The van der Waals surface area contributed by atoms with Gasteiger partial charge in [0.15, 0.2) is 0 Å². The third-order valence-corrected chi connectivity index (χ3v) is 5.68. The van der Waals surface area contributed by atoms with E-state index in [2.05, 4.69) is 24.8 Å². The van der Waals surface area contributed by atoms with Crippen LogP contribution in [-0.4, -0.2) is 35.7 Å². The average Bonchev–Trinajstić information content (AvgIpc) is 2.76. The molecule has 96 valence electrons. The van der Waals surface area contributed by atoms with E-state index in [4.69, 9.17) is 0 Å². The highest BCUT2D eigenvalue weighted by molar-refractivity contribution is 5.24. The van der Waals surface area contributed by atoms with Crippen LogP contribution in [0.15, 0.2) is 11.6 Å². The van der Waals surface area contributed by atoms with Gasteiger partial charge < -0.3 is 5.11 Å². The zero-order valence-electron chi connectivity index (χ0n) is 11.2. The minimum absolute atomic E-state index is 0.337. The second-order valence-corrected chi connectivity index (χ2v) is 6.77. The van der Waals surface area contributed by atoms with Crippen LogP contribution >= 0.6 is 0 Å². The molecule has 0 aromatic carbocycles. The van der Waals surface area contributed by atoms with Crippen LogP contribution < -0.4 is 0 Å². The van der Waals surface area contributed by atoms with Crippen LogP contribution in [0.1, 0.15) is 39.5 Å². The fourth-order valence-corrected chi connectivity index (χ4v) is 4.20. The van der Waals surface area contributed by atoms with Crippen molar-refractivity contribution in [3.05, 3.63) is 11.6 Å². The van der Waals surface area contributed by atoms with Crippen molar-refractivity contribution in [3.8, 4) is 0 Å². The molecule has 0 radical (unpaired) electrons. The number of allylic oxidation sites excluding steroid dienone is 1. The first-order valence-electron chi connectivity index (χ1n) is 7.16. The number of hydrogen-bond acceptors (Lipinski definition) is 2. The van der Waals surface area contributed by atoms with Crippen LogP contribution in [0.25, 0.3) is 0 Å². The quantitative estimate of drug-likeness (QED) is 0.760. The van der Waals surface area contributed by atoms with Crippen molar-refractivity contribution in [1.29, 1.82) is 0 Å². The number of fused-ring (bicyclic) bond motifs is 1. The van der Waals surface area contributed by atoms with E-state index in [1.807, 2.05) is 0 Å². The first-order valence-corrected chi connectivity index (χ1v) is 7.16. The number of hydrogen-bond donors (Lipinski definition) is 1. The maximum absolute atomic E-state index is 9.38. The number of rotatable bonds is 3. The molecule has 1 saturated carbocycles. The summed E-state index contributed by atoms with van der Waals surface area (Å²) in [4.78, 5) is 2.50. The Morgan fingerprint density at radius 3 is 2.94 bits per heavy atom. The van der Waals surface area contributed by atoms with Gasteiger partial charge in [-0.1, -0.05) is 25.5 Å². The topological polar surface area (TPSA) is 23.5 Å². The van der Waals surface area contributed by atoms with Crippen molar-refractivity contribution in [3.63, 3.8) is 0 Å². The summed E-state index contributed by atoms with van der Waals surface area (Å²) in [6, 6.07) is 0.428. The normalized spacial score (nSPS) is 39.9. The van der Waals surface area contributed by atoms with Gasteiger partial charge in [-0.05, 0) is 49.5 Å². The van der Waals surface area contributed by atoms with Crippen LogP contribution in [0.2, 0.25) is 0 Å². The van der Waals surface area contributed by atoms with Crippen molar-refractivity contribution in [2.24, 2.45) is 17.3 Å². The average molecular weight is 235 g/mol. The monoisotopic (exact) mass is 235 g/mol. The molecule has 1 aliphatic heterocycles. The molecule has 0 aromatic rings. The zero-order valence-corrected chi connectivity index (χ0v) is 11.2. The largest absolute Gasteiger partial charge is 0.395 e. The van der Waals surface area contributed by atoms with E-state index >= 15 is 0 Å². The van der Waals surface area contributed by atoms with Crippen LogP contribution in [0.3, 0.4) is 0 Å². The first-order chi connectivity index (χ1) is 8.13. The molecular weight excluding hydrogens is 210 g/mol. The summed E-state index contributed by atoms with van der Waals surface area (Å²) in [5.74, 6) is 1.75. The maximum Gasteiger partial charge on any atom is 0.0587 e. The van der Waals surface area contributed by atoms with Gasteiger partial charge >= 0.3 is 0 Å². The first kappa shape index (κ1) is 11.7. The smallest absolute Gasteiger partial charge is 0.0587 e. The molecule has 1 heterocycles.